The van der Waals surface area contributed by atoms with Crippen LogP contribution in [0.5, 0.6) is 0 Å². The van der Waals surface area contributed by atoms with Crippen LogP contribution < -0.4 is 10.5 Å². The van der Waals surface area contributed by atoms with Gasteiger partial charge in [0.15, 0.2) is 5.03 Å². The summed E-state index contributed by atoms with van der Waals surface area (Å²) in [6, 6.07) is 4.97. The number of hydrogen-bond donors (Lipinski definition) is 3. The van der Waals surface area contributed by atoms with Gasteiger partial charge in [-0.05, 0) is 24.6 Å². The van der Waals surface area contributed by atoms with Crippen LogP contribution in [0.2, 0.25) is 5.02 Å². The van der Waals surface area contributed by atoms with E-state index in [1.54, 1.807) is 25.1 Å². The molecule has 0 saturated heterocycles. The number of rotatable bonds is 4. The number of aromatic amines is 1. The summed E-state index contributed by atoms with van der Waals surface area (Å²) in [5.74, 6) is 0. The molecule has 0 atom stereocenters. The van der Waals surface area contributed by atoms with E-state index in [4.69, 9.17) is 17.3 Å². The van der Waals surface area contributed by atoms with Crippen molar-refractivity contribution in [1.82, 2.24) is 10.2 Å². The van der Waals surface area contributed by atoms with Crippen molar-refractivity contribution in [3.8, 4) is 0 Å². The second kappa shape index (κ2) is 5.20. The average molecular weight is 301 g/mol. The van der Waals surface area contributed by atoms with E-state index in [0.29, 0.717) is 16.3 Å². The maximum absolute atomic E-state index is 12.2. The van der Waals surface area contributed by atoms with Crippen molar-refractivity contribution < 1.29 is 8.42 Å². The van der Waals surface area contributed by atoms with E-state index >= 15 is 0 Å². The fraction of sp³-hybridized carbons (Fsp3) is 0.182. The normalized spacial score (nSPS) is 11.5. The topological polar surface area (TPSA) is 101 Å². The van der Waals surface area contributed by atoms with Crippen LogP contribution in [0, 0.1) is 6.92 Å². The molecule has 4 N–H and O–H groups in total. The number of aryl methyl sites for hydroxylation is 1. The van der Waals surface area contributed by atoms with Gasteiger partial charge in [-0.1, -0.05) is 17.7 Å². The van der Waals surface area contributed by atoms with Crippen molar-refractivity contribution in [3.05, 3.63) is 40.5 Å². The van der Waals surface area contributed by atoms with Gasteiger partial charge >= 0.3 is 0 Å². The van der Waals surface area contributed by atoms with Gasteiger partial charge in [-0.2, -0.15) is 13.5 Å². The summed E-state index contributed by atoms with van der Waals surface area (Å²) in [4.78, 5) is 0. The molecule has 0 amide bonds. The molecular formula is C11H13ClN4O2S. The second-order valence-electron chi connectivity index (χ2n) is 3.99. The van der Waals surface area contributed by atoms with Crippen LogP contribution >= 0.6 is 11.6 Å². The summed E-state index contributed by atoms with van der Waals surface area (Å²) in [6.45, 7) is 1.87. The number of aromatic nitrogens is 2. The van der Waals surface area contributed by atoms with Crippen molar-refractivity contribution in [1.29, 1.82) is 0 Å². The number of halogens is 1. The Balaban J connectivity index is 2.39. The lowest BCUT2D eigenvalue weighted by molar-refractivity contribution is 0.596. The van der Waals surface area contributed by atoms with Gasteiger partial charge in [0.05, 0.1) is 11.9 Å². The van der Waals surface area contributed by atoms with Crippen LogP contribution in [0.3, 0.4) is 0 Å². The minimum Gasteiger partial charge on any atom is -0.326 e. The monoisotopic (exact) mass is 300 g/mol. The van der Waals surface area contributed by atoms with Gasteiger partial charge < -0.3 is 5.73 Å². The molecule has 8 heteroatoms. The predicted octanol–water partition coefficient (Wildman–Crippen LogP) is 1.63. The van der Waals surface area contributed by atoms with Crippen molar-refractivity contribution in [2.75, 3.05) is 4.72 Å². The Morgan fingerprint density at radius 3 is 2.89 bits per heavy atom. The van der Waals surface area contributed by atoms with E-state index in [2.05, 4.69) is 14.9 Å². The first-order valence-corrected chi connectivity index (χ1v) is 7.31. The largest absolute Gasteiger partial charge is 0.326 e. The maximum atomic E-state index is 12.2. The number of nitrogens with two attached hydrogens (primary N) is 1. The SMILES string of the molecule is Cc1ccc(Cl)cc1NS(=O)(=O)c1[nH]ncc1CN. The van der Waals surface area contributed by atoms with E-state index < -0.39 is 10.0 Å². The summed E-state index contributed by atoms with van der Waals surface area (Å²) in [5, 5.41) is 6.55. The summed E-state index contributed by atoms with van der Waals surface area (Å²) < 4.78 is 26.9. The van der Waals surface area contributed by atoms with Crippen LogP contribution in [0.4, 0.5) is 5.69 Å². The summed E-state index contributed by atoms with van der Waals surface area (Å²) in [5.41, 5.74) is 7.08. The molecule has 102 valence electrons. The molecule has 6 nitrogen and oxygen atoms in total. The standard InChI is InChI=1S/C11H13ClN4O2S/c1-7-2-3-9(12)4-10(7)16-19(17,18)11-8(5-13)6-14-15-11/h2-4,6,16H,5,13H2,1H3,(H,14,15). The Bertz CT molecular complexity index is 696. The molecule has 1 aromatic carbocycles. The minimum absolute atomic E-state index is 0.0330. The Hall–Kier alpha value is -1.57. The first kappa shape index (κ1) is 13.9. The zero-order chi connectivity index (χ0) is 14.0. The van der Waals surface area contributed by atoms with Crippen LogP contribution in [0.15, 0.2) is 29.4 Å². The van der Waals surface area contributed by atoms with Crippen molar-refractivity contribution in [2.24, 2.45) is 5.73 Å². The predicted molar refractivity (Wildman–Crippen MR) is 73.5 cm³/mol. The second-order valence-corrected chi connectivity index (χ2v) is 6.05. The van der Waals surface area contributed by atoms with Crippen molar-refractivity contribution >= 4 is 27.3 Å². The number of nitrogens with zero attached hydrogens (tertiary/aromatic N) is 1. The van der Waals surface area contributed by atoms with Crippen molar-refractivity contribution in [3.63, 3.8) is 0 Å². The molecule has 0 spiro atoms. The van der Waals surface area contributed by atoms with Crippen LogP contribution in [0.1, 0.15) is 11.1 Å². The third-order valence-electron chi connectivity index (χ3n) is 2.61. The van der Waals surface area contributed by atoms with Gasteiger partial charge in [-0.25, -0.2) is 0 Å². The number of benzene rings is 1. The van der Waals surface area contributed by atoms with Crippen molar-refractivity contribution in [2.45, 2.75) is 18.5 Å². The maximum Gasteiger partial charge on any atom is 0.279 e. The third kappa shape index (κ3) is 2.89. The van der Waals surface area contributed by atoms with Gasteiger partial charge in [0.2, 0.25) is 0 Å². The number of hydrogen-bond acceptors (Lipinski definition) is 4. The molecule has 0 aliphatic carbocycles. The van der Waals surface area contributed by atoms with Crippen LogP contribution in [0.25, 0.3) is 0 Å². The Labute approximate surface area is 116 Å². The van der Waals surface area contributed by atoms with E-state index in [9.17, 15) is 8.42 Å². The van der Waals surface area contributed by atoms with E-state index in [0.717, 1.165) is 5.56 Å². The number of nitrogens with one attached hydrogen (secondary N) is 2. The Morgan fingerprint density at radius 2 is 2.21 bits per heavy atom. The summed E-state index contributed by atoms with van der Waals surface area (Å²) in [7, 11) is -3.76. The molecule has 0 radical (unpaired) electrons. The Kier molecular flexibility index (Phi) is 3.79. The first-order chi connectivity index (χ1) is 8.94. The number of anilines is 1. The number of sulfonamides is 1. The highest BCUT2D eigenvalue weighted by Crippen LogP contribution is 2.23. The smallest absolute Gasteiger partial charge is 0.279 e. The zero-order valence-corrected chi connectivity index (χ0v) is 11.7. The van der Waals surface area contributed by atoms with Crippen LogP contribution in [-0.4, -0.2) is 18.6 Å². The quantitative estimate of drug-likeness (QED) is 0.799. The highest BCUT2D eigenvalue weighted by Gasteiger charge is 2.21. The van der Waals surface area contributed by atoms with E-state index in [1.807, 2.05) is 0 Å². The molecule has 1 heterocycles. The molecular weight excluding hydrogens is 288 g/mol. The molecule has 19 heavy (non-hydrogen) atoms. The third-order valence-corrected chi connectivity index (χ3v) is 4.23. The minimum atomic E-state index is -3.76. The molecule has 0 fully saturated rings. The van der Waals surface area contributed by atoms with E-state index in [1.165, 1.54) is 6.20 Å². The highest BCUT2D eigenvalue weighted by molar-refractivity contribution is 7.92. The fourth-order valence-corrected chi connectivity index (χ4v) is 3.01. The summed E-state index contributed by atoms with van der Waals surface area (Å²) >= 11 is 5.85. The lowest BCUT2D eigenvalue weighted by atomic mass is 10.2. The lowest BCUT2D eigenvalue weighted by Crippen LogP contribution is -2.16. The first-order valence-electron chi connectivity index (χ1n) is 5.45. The van der Waals surface area contributed by atoms with Gasteiger partial charge in [0.1, 0.15) is 0 Å². The zero-order valence-electron chi connectivity index (χ0n) is 10.1. The molecule has 0 unspecified atom stereocenters. The molecule has 0 aliphatic heterocycles. The molecule has 2 rings (SSSR count). The van der Waals surface area contributed by atoms with Gasteiger partial charge in [-0.3, -0.25) is 9.82 Å². The average Bonchev–Trinajstić information content (AvgIpc) is 2.82. The van der Waals surface area contributed by atoms with Gasteiger partial charge in [-0.15, -0.1) is 0 Å². The summed E-state index contributed by atoms with van der Waals surface area (Å²) in [6.07, 6.45) is 1.39. The molecule has 1 aromatic heterocycles. The van der Waals surface area contributed by atoms with Gasteiger partial charge in [0, 0.05) is 17.1 Å². The van der Waals surface area contributed by atoms with Crippen LogP contribution in [-0.2, 0) is 16.6 Å². The molecule has 0 saturated carbocycles. The fourth-order valence-electron chi connectivity index (χ4n) is 1.58. The molecule has 0 aliphatic rings. The lowest BCUT2D eigenvalue weighted by Gasteiger charge is -2.10. The van der Waals surface area contributed by atoms with Gasteiger partial charge in [0.25, 0.3) is 10.0 Å². The highest BCUT2D eigenvalue weighted by atomic mass is 35.5. The Morgan fingerprint density at radius 1 is 1.47 bits per heavy atom. The molecule has 2 aromatic rings. The number of H-pyrrole nitrogens is 1. The van der Waals surface area contributed by atoms with E-state index in [-0.39, 0.29) is 11.6 Å². The molecule has 0 bridgehead atoms.